The Morgan fingerprint density at radius 2 is 2.15 bits per heavy atom. The molecule has 2 N–H and O–H groups in total. The molecule has 5 nitrogen and oxygen atoms in total. The summed E-state index contributed by atoms with van der Waals surface area (Å²) in [5, 5.41) is 12.4. The summed E-state index contributed by atoms with van der Waals surface area (Å²) >= 11 is 7.70. The lowest BCUT2D eigenvalue weighted by atomic mass is 10.4. The molecular formula is C13H12ClN5S. The maximum atomic E-state index is 6.20. The number of benzene rings is 1. The van der Waals surface area contributed by atoms with Crippen molar-refractivity contribution in [3.63, 3.8) is 0 Å². The van der Waals surface area contributed by atoms with Gasteiger partial charge in [0.15, 0.2) is 5.65 Å². The average molecular weight is 306 g/mol. The van der Waals surface area contributed by atoms with Crippen molar-refractivity contribution < 1.29 is 0 Å². The van der Waals surface area contributed by atoms with Gasteiger partial charge in [0.05, 0.1) is 16.6 Å². The molecule has 20 heavy (non-hydrogen) atoms. The Labute approximate surface area is 125 Å². The molecule has 3 aromatic rings. The number of aromatic nitrogens is 4. The third-order valence-electron chi connectivity index (χ3n) is 2.65. The van der Waals surface area contributed by atoms with Crippen LogP contribution in [0.1, 0.15) is 6.92 Å². The van der Waals surface area contributed by atoms with Crippen LogP contribution in [0.4, 0.5) is 5.95 Å². The highest BCUT2D eigenvalue weighted by Crippen LogP contribution is 2.35. The van der Waals surface area contributed by atoms with E-state index in [0.717, 1.165) is 21.9 Å². The van der Waals surface area contributed by atoms with Crippen LogP contribution in [-0.2, 0) is 0 Å². The number of nitrogens with one attached hydrogen (secondary N) is 2. The first-order valence-corrected chi connectivity index (χ1v) is 7.34. The number of anilines is 1. The smallest absolute Gasteiger partial charge is 0.225 e. The van der Waals surface area contributed by atoms with Gasteiger partial charge in [0.2, 0.25) is 5.95 Å². The molecule has 2 heterocycles. The monoisotopic (exact) mass is 305 g/mol. The predicted octanol–water partition coefficient (Wildman–Crippen LogP) is 3.59. The average Bonchev–Trinajstić information content (AvgIpc) is 2.90. The lowest BCUT2D eigenvalue weighted by Crippen LogP contribution is -2.02. The quantitative estimate of drug-likeness (QED) is 0.721. The Balaban J connectivity index is 2.05. The zero-order valence-electron chi connectivity index (χ0n) is 10.7. The number of hydrogen-bond acceptors (Lipinski definition) is 5. The van der Waals surface area contributed by atoms with Gasteiger partial charge in [-0.05, 0) is 19.1 Å². The number of rotatable bonds is 4. The van der Waals surface area contributed by atoms with Crippen molar-refractivity contribution >= 4 is 40.3 Å². The normalized spacial score (nSPS) is 10.9. The second-order valence-electron chi connectivity index (χ2n) is 4.05. The summed E-state index contributed by atoms with van der Waals surface area (Å²) in [5.74, 6) is 0.582. The van der Waals surface area contributed by atoms with Gasteiger partial charge in [-0.1, -0.05) is 35.5 Å². The molecule has 0 radical (unpaired) electrons. The first-order chi connectivity index (χ1) is 9.78. The van der Waals surface area contributed by atoms with Crippen LogP contribution in [0.3, 0.4) is 0 Å². The van der Waals surface area contributed by atoms with Gasteiger partial charge in [0.25, 0.3) is 0 Å². The molecule has 0 atom stereocenters. The highest BCUT2D eigenvalue weighted by Gasteiger charge is 2.12. The Morgan fingerprint density at radius 3 is 2.95 bits per heavy atom. The van der Waals surface area contributed by atoms with E-state index >= 15 is 0 Å². The Hall–Kier alpha value is -1.79. The fourth-order valence-corrected chi connectivity index (χ4v) is 2.92. The minimum Gasteiger partial charge on any atom is -0.354 e. The minimum absolute atomic E-state index is 0.582. The van der Waals surface area contributed by atoms with Crippen molar-refractivity contribution in [2.24, 2.45) is 0 Å². The lowest BCUT2D eigenvalue weighted by molar-refractivity contribution is 1.04. The van der Waals surface area contributed by atoms with Crippen molar-refractivity contribution in [2.75, 3.05) is 11.9 Å². The van der Waals surface area contributed by atoms with Crippen molar-refractivity contribution in [1.29, 1.82) is 0 Å². The summed E-state index contributed by atoms with van der Waals surface area (Å²) in [4.78, 5) is 9.84. The molecular weight excluding hydrogens is 294 g/mol. The summed E-state index contributed by atoms with van der Waals surface area (Å²) in [6.45, 7) is 2.76. The first-order valence-electron chi connectivity index (χ1n) is 6.15. The molecule has 0 aliphatic rings. The summed E-state index contributed by atoms with van der Waals surface area (Å²) in [6, 6.07) is 7.69. The van der Waals surface area contributed by atoms with E-state index in [0.29, 0.717) is 16.6 Å². The zero-order chi connectivity index (χ0) is 13.9. The van der Waals surface area contributed by atoms with E-state index in [1.807, 2.05) is 31.2 Å². The zero-order valence-corrected chi connectivity index (χ0v) is 12.3. The predicted molar refractivity (Wildman–Crippen MR) is 81.4 cm³/mol. The molecule has 0 fully saturated rings. The number of fused-ring (bicyclic) bond motifs is 1. The third-order valence-corrected chi connectivity index (χ3v) is 4.18. The van der Waals surface area contributed by atoms with Crippen LogP contribution in [0.2, 0.25) is 5.02 Å². The van der Waals surface area contributed by atoms with E-state index in [1.54, 1.807) is 6.20 Å². The number of aromatic amines is 1. The number of hydrogen-bond donors (Lipinski definition) is 2. The standard InChI is InChI=1S/C13H12ClN5S/c1-2-15-13-17-11-8(7-16-19-11)12(18-13)20-10-6-4-3-5-9(10)14/h3-7H,2H2,1H3,(H2,15,16,17,18,19). The van der Waals surface area contributed by atoms with Gasteiger partial charge in [-0.15, -0.1) is 0 Å². The van der Waals surface area contributed by atoms with E-state index in [1.165, 1.54) is 11.8 Å². The van der Waals surface area contributed by atoms with Crippen LogP contribution in [0.15, 0.2) is 40.4 Å². The maximum Gasteiger partial charge on any atom is 0.225 e. The van der Waals surface area contributed by atoms with Gasteiger partial charge < -0.3 is 5.32 Å². The molecule has 0 amide bonds. The number of halogens is 1. The molecule has 0 aliphatic heterocycles. The first kappa shape index (κ1) is 13.2. The molecule has 2 aromatic heterocycles. The van der Waals surface area contributed by atoms with Gasteiger partial charge >= 0.3 is 0 Å². The van der Waals surface area contributed by atoms with Crippen LogP contribution < -0.4 is 5.32 Å². The summed E-state index contributed by atoms with van der Waals surface area (Å²) < 4.78 is 0. The lowest BCUT2D eigenvalue weighted by Gasteiger charge is -2.07. The third kappa shape index (κ3) is 2.57. The molecule has 0 bridgehead atoms. The van der Waals surface area contributed by atoms with Gasteiger partial charge in [-0.25, -0.2) is 4.98 Å². The largest absolute Gasteiger partial charge is 0.354 e. The van der Waals surface area contributed by atoms with Gasteiger partial charge in [-0.3, -0.25) is 5.10 Å². The van der Waals surface area contributed by atoms with E-state index in [-0.39, 0.29) is 0 Å². The van der Waals surface area contributed by atoms with Gasteiger partial charge in [0, 0.05) is 11.4 Å². The molecule has 0 unspecified atom stereocenters. The molecule has 102 valence electrons. The fraction of sp³-hybridized carbons (Fsp3) is 0.154. The fourth-order valence-electron chi connectivity index (χ4n) is 1.76. The van der Waals surface area contributed by atoms with Crippen molar-refractivity contribution in [3.05, 3.63) is 35.5 Å². The van der Waals surface area contributed by atoms with Gasteiger partial charge in [-0.2, -0.15) is 10.1 Å². The molecule has 0 aliphatic carbocycles. The van der Waals surface area contributed by atoms with Gasteiger partial charge in [0.1, 0.15) is 5.03 Å². The highest BCUT2D eigenvalue weighted by atomic mass is 35.5. The van der Waals surface area contributed by atoms with Crippen LogP contribution >= 0.6 is 23.4 Å². The minimum atomic E-state index is 0.582. The SMILES string of the molecule is CCNc1nc(Sc2ccccc2Cl)c2cn[nH]c2n1. The highest BCUT2D eigenvalue weighted by molar-refractivity contribution is 7.99. The van der Waals surface area contributed by atoms with Crippen molar-refractivity contribution in [3.8, 4) is 0 Å². The van der Waals surface area contributed by atoms with Crippen LogP contribution in [0.25, 0.3) is 11.0 Å². The van der Waals surface area contributed by atoms with E-state index in [2.05, 4.69) is 25.5 Å². The molecule has 3 rings (SSSR count). The van der Waals surface area contributed by atoms with E-state index < -0.39 is 0 Å². The Morgan fingerprint density at radius 1 is 1.30 bits per heavy atom. The molecule has 1 aromatic carbocycles. The van der Waals surface area contributed by atoms with Crippen LogP contribution in [0.5, 0.6) is 0 Å². The van der Waals surface area contributed by atoms with E-state index in [4.69, 9.17) is 11.6 Å². The summed E-state index contributed by atoms with van der Waals surface area (Å²) in [7, 11) is 0. The number of H-pyrrole nitrogens is 1. The topological polar surface area (TPSA) is 66.5 Å². The summed E-state index contributed by atoms with van der Waals surface area (Å²) in [5.41, 5.74) is 0.713. The second-order valence-corrected chi connectivity index (χ2v) is 5.49. The van der Waals surface area contributed by atoms with E-state index in [9.17, 15) is 0 Å². The number of nitrogens with zero attached hydrogens (tertiary/aromatic N) is 3. The second kappa shape index (κ2) is 5.68. The molecule has 0 saturated carbocycles. The van der Waals surface area contributed by atoms with Crippen LogP contribution in [-0.4, -0.2) is 26.7 Å². The maximum absolute atomic E-state index is 6.20. The molecule has 7 heteroatoms. The molecule has 0 saturated heterocycles. The summed E-state index contributed by atoms with van der Waals surface area (Å²) in [6.07, 6.45) is 1.73. The molecule has 0 spiro atoms. The van der Waals surface area contributed by atoms with Crippen LogP contribution in [0, 0.1) is 0 Å². The van der Waals surface area contributed by atoms with Crippen molar-refractivity contribution in [1.82, 2.24) is 20.2 Å². The Kier molecular flexibility index (Phi) is 3.75. The Bertz CT molecular complexity index is 742. The van der Waals surface area contributed by atoms with Crippen molar-refractivity contribution in [2.45, 2.75) is 16.8 Å².